The van der Waals surface area contributed by atoms with Gasteiger partial charge in [-0.15, -0.1) is 0 Å². The van der Waals surface area contributed by atoms with Crippen molar-refractivity contribution >= 4 is 29.1 Å². The van der Waals surface area contributed by atoms with Crippen molar-refractivity contribution in [1.29, 1.82) is 0 Å². The highest BCUT2D eigenvalue weighted by Gasteiger charge is 2.30. The number of aliphatic hydroxyl groups excluding tert-OH is 2. The summed E-state index contributed by atoms with van der Waals surface area (Å²) in [6.07, 6.45) is 0.395. The van der Waals surface area contributed by atoms with Crippen molar-refractivity contribution in [2.24, 2.45) is 0 Å². The van der Waals surface area contributed by atoms with Gasteiger partial charge in [-0.2, -0.15) is 0 Å². The van der Waals surface area contributed by atoms with Crippen LogP contribution in [0.25, 0.3) is 0 Å². The Labute approximate surface area is 86.8 Å². The summed E-state index contributed by atoms with van der Waals surface area (Å²) in [7, 11) is 0. The minimum Gasteiger partial charge on any atom is -0.394 e. The number of aliphatic hydroxyl groups is 2. The predicted molar refractivity (Wildman–Crippen MR) is 50.8 cm³/mol. The minimum absolute atomic E-state index is 0.355. The van der Waals surface area contributed by atoms with Crippen molar-refractivity contribution < 1.29 is 15.0 Å². The molecule has 0 spiro atoms. The van der Waals surface area contributed by atoms with E-state index >= 15 is 0 Å². The van der Waals surface area contributed by atoms with Gasteiger partial charge in [0.1, 0.15) is 0 Å². The van der Waals surface area contributed by atoms with Crippen LogP contribution in [0.3, 0.4) is 0 Å². The van der Waals surface area contributed by atoms with Gasteiger partial charge in [0.05, 0.1) is 18.8 Å². The Morgan fingerprint density at radius 1 is 1.46 bits per heavy atom. The molecule has 0 aromatic carbocycles. The summed E-state index contributed by atoms with van der Waals surface area (Å²) in [6.45, 7) is 1.02. The average Bonchev–Trinajstić information content (AvgIpc) is 2.14. The van der Waals surface area contributed by atoms with E-state index in [0.717, 1.165) is 0 Å². The van der Waals surface area contributed by atoms with Gasteiger partial charge >= 0.3 is 0 Å². The lowest BCUT2D eigenvalue weighted by Crippen LogP contribution is -2.55. The lowest BCUT2D eigenvalue weighted by atomic mass is 9.98. The summed E-state index contributed by atoms with van der Waals surface area (Å²) < 4.78 is 0. The smallest absolute Gasteiger partial charge is 0.253 e. The highest BCUT2D eigenvalue weighted by Crippen LogP contribution is 2.11. The van der Waals surface area contributed by atoms with Crippen molar-refractivity contribution in [3.63, 3.8) is 0 Å². The minimum atomic E-state index is -1.19. The van der Waals surface area contributed by atoms with E-state index in [4.69, 9.17) is 33.4 Å². The van der Waals surface area contributed by atoms with Crippen molar-refractivity contribution in [2.75, 3.05) is 13.2 Å². The fraction of sp³-hybridized carbons (Fsp3) is 0.857. The summed E-state index contributed by atoms with van der Waals surface area (Å²) in [5.74, 6) is -0.617. The molecule has 0 radical (unpaired) electrons. The summed E-state index contributed by atoms with van der Waals surface area (Å²) in [4.78, 5) is 9.85. The lowest BCUT2D eigenvalue weighted by molar-refractivity contribution is -0.122. The van der Waals surface area contributed by atoms with E-state index in [1.165, 1.54) is 0 Å². The topological polar surface area (TPSA) is 69.6 Å². The Morgan fingerprint density at radius 3 is 2.15 bits per heavy atom. The van der Waals surface area contributed by atoms with Crippen LogP contribution in [-0.4, -0.2) is 39.7 Å². The number of alkyl halides is 2. The van der Waals surface area contributed by atoms with Crippen LogP contribution in [-0.2, 0) is 4.79 Å². The van der Waals surface area contributed by atoms with E-state index in [0.29, 0.717) is 6.42 Å². The standard InChI is InChI=1S/C7H13Cl2NO3/c1-2-7(3-11,4-12)10-6(13)5(8)9/h5,11-12H,2-4H2,1H3,(H,10,13). The van der Waals surface area contributed by atoms with Crippen LogP contribution in [0.15, 0.2) is 0 Å². The molecule has 0 aliphatic heterocycles. The lowest BCUT2D eigenvalue weighted by Gasteiger charge is -2.29. The average molecular weight is 230 g/mol. The first-order chi connectivity index (χ1) is 6.01. The van der Waals surface area contributed by atoms with E-state index in [2.05, 4.69) is 5.32 Å². The van der Waals surface area contributed by atoms with Crippen LogP contribution in [0.5, 0.6) is 0 Å². The van der Waals surface area contributed by atoms with Crippen LogP contribution in [0.1, 0.15) is 13.3 Å². The Kier molecular flexibility index (Phi) is 5.64. The Balaban J connectivity index is 4.33. The third-order valence-corrected chi connectivity index (χ3v) is 2.27. The van der Waals surface area contributed by atoms with Crippen molar-refractivity contribution in [3.8, 4) is 0 Å². The second-order valence-corrected chi connectivity index (χ2v) is 3.84. The number of carbonyl (C=O) groups excluding carboxylic acids is 1. The van der Waals surface area contributed by atoms with Crippen LogP contribution in [0.4, 0.5) is 0 Å². The second-order valence-electron chi connectivity index (χ2n) is 2.74. The molecule has 0 rings (SSSR count). The predicted octanol–water partition coefficient (Wildman–Crippen LogP) is 0.0397. The normalized spacial score (nSPS) is 11.8. The van der Waals surface area contributed by atoms with Gasteiger partial charge in [0.2, 0.25) is 0 Å². The first kappa shape index (κ1) is 13.0. The molecular formula is C7H13Cl2NO3. The molecule has 0 aromatic rings. The van der Waals surface area contributed by atoms with Crippen LogP contribution in [0, 0.1) is 0 Å². The van der Waals surface area contributed by atoms with E-state index in [-0.39, 0.29) is 13.2 Å². The van der Waals surface area contributed by atoms with Gasteiger partial charge in [-0.3, -0.25) is 4.79 Å². The first-order valence-corrected chi connectivity index (χ1v) is 4.70. The van der Waals surface area contributed by atoms with E-state index in [9.17, 15) is 4.79 Å². The molecular weight excluding hydrogens is 217 g/mol. The number of halogens is 2. The number of carbonyl (C=O) groups is 1. The summed E-state index contributed by atoms with van der Waals surface area (Å²) in [5.41, 5.74) is -1.03. The maximum Gasteiger partial charge on any atom is 0.253 e. The summed E-state index contributed by atoms with van der Waals surface area (Å²) in [6, 6.07) is 0. The van der Waals surface area contributed by atoms with E-state index in [1.54, 1.807) is 6.92 Å². The van der Waals surface area contributed by atoms with Gasteiger partial charge in [0.15, 0.2) is 4.84 Å². The number of hydrogen-bond acceptors (Lipinski definition) is 3. The number of rotatable bonds is 5. The fourth-order valence-electron chi connectivity index (χ4n) is 0.757. The zero-order valence-electron chi connectivity index (χ0n) is 7.26. The molecule has 4 nitrogen and oxygen atoms in total. The number of hydrogen-bond donors (Lipinski definition) is 3. The first-order valence-electron chi connectivity index (χ1n) is 3.83. The van der Waals surface area contributed by atoms with Crippen LogP contribution in [0.2, 0.25) is 0 Å². The molecule has 78 valence electrons. The number of nitrogens with one attached hydrogen (secondary N) is 1. The van der Waals surface area contributed by atoms with Gasteiger partial charge in [-0.05, 0) is 6.42 Å². The van der Waals surface area contributed by atoms with E-state index in [1.807, 2.05) is 0 Å². The maximum absolute atomic E-state index is 11.0. The van der Waals surface area contributed by atoms with Crippen molar-refractivity contribution in [1.82, 2.24) is 5.32 Å². The maximum atomic E-state index is 11.0. The highest BCUT2D eigenvalue weighted by molar-refractivity contribution is 6.53. The van der Waals surface area contributed by atoms with Crippen LogP contribution >= 0.6 is 23.2 Å². The molecule has 6 heteroatoms. The Hall–Kier alpha value is -0.0300. The molecule has 0 unspecified atom stereocenters. The molecule has 0 aliphatic carbocycles. The molecule has 0 aromatic heterocycles. The molecule has 0 saturated heterocycles. The van der Waals surface area contributed by atoms with Crippen molar-refractivity contribution in [2.45, 2.75) is 23.7 Å². The van der Waals surface area contributed by atoms with Gasteiger partial charge in [0.25, 0.3) is 5.91 Å². The SMILES string of the molecule is CCC(CO)(CO)NC(=O)C(Cl)Cl. The monoisotopic (exact) mass is 229 g/mol. The van der Waals surface area contributed by atoms with Gasteiger partial charge in [0, 0.05) is 0 Å². The Bertz CT molecular complexity index is 163. The summed E-state index contributed by atoms with van der Waals surface area (Å²) in [5, 5.41) is 20.3. The molecule has 0 bridgehead atoms. The van der Waals surface area contributed by atoms with E-state index < -0.39 is 16.3 Å². The third kappa shape index (κ3) is 3.68. The second kappa shape index (κ2) is 5.65. The molecule has 0 saturated carbocycles. The largest absolute Gasteiger partial charge is 0.394 e. The van der Waals surface area contributed by atoms with Gasteiger partial charge in [-0.25, -0.2) is 0 Å². The molecule has 0 aliphatic rings. The molecule has 3 N–H and O–H groups in total. The molecule has 1 amide bonds. The highest BCUT2D eigenvalue weighted by atomic mass is 35.5. The van der Waals surface area contributed by atoms with Crippen LogP contribution < -0.4 is 5.32 Å². The van der Waals surface area contributed by atoms with Crippen molar-refractivity contribution in [3.05, 3.63) is 0 Å². The zero-order chi connectivity index (χ0) is 10.5. The Morgan fingerprint density at radius 2 is 1.92 bits per heavy atom. The van der Waals surface area contributed by atoms with Gasteiger partial charge in [-0.1, -0.05) is 30.1 Å². The molecule has 0 fully saturated rings. The number of amides is 1. The zero-order valence-corrected chi connectivity index (χ0v) is 8.77. The fourth-order valence-corrected chi connectivity index (χ4v) is 0.866. The molecule has 0 heterocycles. The quantitative estimate of drug-likeness (QED) is 0.584. The van der Waals surface area contributed by atoms with Gasteiger partial charge < -0.3 is 15.5 Å². The summed E-state index contributed by atoms with van der Waals surface area (Å²) >= 11 is 10.6. The molecule has 13 heavy (non-hydrogen) atoms. The third-order valence-electron chi connectivity index (χ3n) is 1.87. The molecule has 0 atom stereocenters.